The summed E-state index contributed by atoms with van der Waals surface area (Å²) >= 11 is 0. The zero-order valence-electron chi connectivity index (χ0n) is 20.8. The molecule has 188 valence electrons. The van der Waals surface area contributed by atoms with Crippen LogP contribution in [0, 0.1) is 5.92 Å². The van der Waals surface area contributed by atoms with E-state index in [0.29, 0.717) is 18.4 Å². The maximum absolute atomic E-state index is 12.0. The first kappa shape index (κ1) is 23.9. The summed E-state index contributed by atoms with van der Waals surface area (Å²) in [5, 5.41) is 9.85. The first-order valence-corrected chi connectivity index (χ1v) is 13.2. The van der Waals surface area contributed by atoms with E-state index < -0.39 is 0 Å². The lowest BCUT2D eigenvalue weighted by atomic mass is 9.85. The van der Waals surface area contributed by atoms with Crippen LogP contribution in [0.15, 0.2) is 24.5 Å². The molecule has 1 amide bonds. The fraction of sp³-hybridized carbons (Fsp3) is 0.615. The molecule has 9 heteroatoms. The molecule has 0 radical (unpaired) electrons. The predicted octanol–water partition coefficient (Wildman–Crippen LogP) is 2.96. The molecule has 3 N–H and O–H groups in total. The average molecular weight is 479 g/mol. The molecule has 2 aromatic heterocycles. The normalized spacial score (nSPS) is 19.2. The van der Waals surface area contributed by atoms with Crippen LogP contribution in [-0.4, -0.2) is 77.0 Å². The fourth-order valence-corrected chi connectivity index (χ4v) is 4.56. The second-order valence-corrected chi connectivity index (χ2v) is 10.2. The van der Waals surface area contributed by atoms with Gasteiger partial charge in [-0.05, 0) is 57.2 Å². The van der Waals surface area contributed by atoms with Gasteiger partial charge in [0.1, 0.15) is 5.82 Å². The Bertz CT molecular complexity index is 981. The van der Waals surface area contributed by atoms with Gasteiger partial charge in [-0.25, -0.2) is 4.98 Å². The lowest BCUT2D eigenvalue weighted by molar-refractivity contribution is -0.127. The molecule has 0 spiro atoms. The van der Waals surface area contributed by atoms with Crippen molar-refractivity contribution in [2.75, 3.05) is 56.9 Å². The lowest BCUT2D eigenvalue weighted by Gasteiger charge is -2.32. The van der Waals surface area contributed by atoms with Gasteiger partial charge in [0.2, 0.25) is 11.9 Å². The van der Waals surface area contributed by atoms with Crippen LogP contribution in [0.4, 0.5) is 17.5 Å². The molecule has 9 nitrogen and oxygen atoms in total. The number of likely N-dealkylation sites (N-methyl/N-ethyl adjacent to an activating group) is 1. The number of hydrogen-bond donors (Lipinski definition) is 3. The quantitative estimate of drug-likeness (QED) is 0.424. The molecule has 2 saturated carbocycles. The molecule has 0 aromatic carbocycles. The maximum Gasteiger partial charge on any atom is 0.229 e. The second-order valence-electron chi connectivity index (χ2n) is 10.2. The van der Waals surface area contributed by atoms with Crippen LogP contribution in [0.2, 0.25) is 0 Å². The number of carbonyl (C=O) groups is 1. The smallest absolute Gasteiger partial charge is 0.229 e. The standard InChI is InChI=1S/C26H38N8O/c1-33-12-14-34(15-13-33)18-22-9-8-21(16-29-22)31-26-30-17-23(19-6-7-19)24(32-26)27-10-3-11-28-25(35)20-4-2-5-20/h8-9,16-17,19-20H,2-7,10-15,18H2,1H3,(H,28,35)(H2,27,30,31,32). The SMILES string of the molecule is CN1CCN(Cc2ccc(Nc3ncc(C4CC4)c(NCCCNC(=O)C4CCC4)n3)cn2)CC1. The average Bonchev–Trinajstić information content (AvgIpc) is 3.66. The molecule has 1 saturated heterocycles. The van der Waals surface area contributed by atoms with Crippen LogP contribution >= 0.6 is 0 Å². The molecule has 1 aliphatic heterocycles. The van der Waals surface area contributed by atoms with Crippen molar-refractivity contribution in [1.29, 1.82) is 0 Å². The largest absolute Gasteiger partial charge is 0.370 e. The Labute approximate surface area is 208 Å². The summed E-state index contributed by atoms with van der Waals surface area (Å²) in [7, 11) is 2.17. The van der Waals surface area contributed by atoms with E-state index in [1.54, 1.807) is 0 Å². The van der Waals surface area contributed by atoms with Crippen LogP contribution in [0.25, 0.3) is 0 Å². The lowest BCUT2D eigenvalue weighted by Crippen LogP contribution is -2.43. The number of piperazine rings is 1. The number of rotatable bonds is 11. The van der Waals surface area contributed by atoms with Crippen molar-refractivity contribution < 1.29 is 4.79 Å². The highest BCUT2D eigenvalue weighted by Gasteiger charge is 2.28. The van der Waals surface area contributed by atoms with Gasteiger partial charge in [0, 0.05) is 63.5 Å². The Morgan fingerprint density at radius 2 is 1.86 bits per heavy atom. The van der Waals surface area contributed by atoms with E-state index in [0.717, 1.165) is 75.7 Å². The number of nitrogens with one attached hydrogen (secondary N) is 3. The zero-order valence-corrected chi connectivity index (χ0v) is 20.8. The van der Waals surface area contributed by atoms with Crippen molar-refractivity contribution in [1.82, 2.24) is 30.1 Å². The topological polar surface area (TPSA) is 98.3 Å². The summed E-state index contributed by atoms with van der Waals surface area (Å²) in [6.07, 6.45) is 10.3. The third kappa shape index (κ3) is 6.67. The minimum Gasteiger partial charge on any atom is -0.370 e. The van der Waals surface area contributed by atoms with E-state index in [9.17, 15) is 4.79 Å². The van der Waals surface area contributed by atoms with Gasteiger partial charge in [-0.15, -0.1) is 0 Å². The Balaban J connectivity index is 1.12. The number of carbonyl (C=O) groups excluding carboxylic acids is 1. The minimum absolute atomic E-state index is 0.214. The van der Waals surface area contributed by atoms with Crippen molar-refractivity contribution in [3.8, 4) is 0 Å². The van der Waals surface area contributed by atoms with Crippen LogP contribution in [0.5, 0.6) is 0 Å². The number of amides is 1. The molecule has 2 aromatic rings. The summed E-state index contributed by atoms with van der Waals surface area (Å²) < 4.78 is 0. The van der Waals surface area contributed by atoms with Crippen LogP contribution < -0.4 is 16.0 Å². The maximum atomic E-state index is 12.0. The molecule has 35 heavy (non-hydrogen) atoms. The van der Waals surface area contributed by atoms with Crippen molar-refractivity contribution in [3.05, 3.63) is 35.8 Å². The summed E-state index contributed by atoms with van der Waals surface area (Å²) in [4.78, 5) is 30.8. The molecular weight excluding hydrogens is 440 g/mol. The van der Waals surface area contributed by atoms with Gasteiger partial charge < -0.3 is 20.9 Å². The van der Waals surface area contributed by atoms with Gasteiger partial charge in [0.15, 0.2) is 0 Å². The monoisotopic (exact) mass is 478 g/mol. The molecule has 0 atom stereocenters. The molecular formula is C26H38N8O. The van der Waals surface area contributed by atoms with Crippen LogP contribution in [0.3, 0.4) is 0 Å². The molecule has 3 fully saturated rings. The van der Waals surface area contributed by atoms with E-state index in [4.69, 9.17) is 4.98 Å². The van der Waals surface area contributed by atoms with E-state index in [1.165, 1.54) is 24.8 Å². The number of anilines is 3. The fourth-order valence-electron chi connectivity index (χ4n) is 4.56. The van der Waals surface area contributed by atoms with E-state index in [2.05, 4.69) is 54.9 Å². The first-order valence-electron chi connectivity index (χ1n) is 13.2. The molecule has 3 heterocycles. The Morgan fingerprint density at radius 1 is 1.03 bits per heavy atom. The molecule has 0 bridgehead atoms. The van der Waals surface area contributed by atoms with Gasteiger partial charge in [0.25, 0.3) is 0 Å². The summed E-state index contributed by atoms with van der Waals surface area (Å²) in [5.41, 5.74) is 3.16. The van der Waals surface area contributed by atoms with E-state index in [-0.39, 0.29) is 11.8 Å². The molecule has 5 rings (SSSR count). The van der Waals surface area contributed by atoms with Crippen molar-refractivity contribution in [2.24, 2.45) is 5.92 Å². The van der Waals surface area contributed by atoms with Crippen molar-refractivity contribution in [3.63, 3.8) is 0 Å². The number of nitrogens with zero attached hydrogens (tertiary/aromatic N) is 5. The Hall–Kier alpha value is -2.78. The van der Waals surface area contributed by atoms with Gasteiger partial charge in [-0.1, -0.05) is 6.42 Å². The highest BCUT2D eigenvalue weighted by atomic mass is 16.1. The van der Waals surface area contributed by atoms with E-state index >= 15 is 0 Å². The first-order chi connectivity index (χ1) is 17.1. The van der Waals surface area contributed by atoms with Gasteiger partial charge in [-0.2, -0.15) is 4.98 Å². The minimum atomic E-state index is 0.214. The molecule has 2 aliphatic carbocycles. The van der Waals surface area contributed by atoms with Gasteiger partial charge in [0.05, 0.1) is 17.6 Å². The van der Waals surface area contributed by atoms with E-state index in [1.807, 2.05) is 12.4 Å². The summed E-state index contributed by atoms with van der Waals surface area (Å²) in [6.45, 7) is 6.74. The predicted molar refractivity (Wildman–Crippen MR) is 138 cm³/mol. The van der Waals surface area contributed by atoms with Crippen LogP contribution in [0.1, 0.15) is 55.7 Å². The second kappa shape index (κ2) is 11.3. The highest BCUT2D eigenvalue weighted by molar-refractivity contribution is 5.79. The van der Waals surface area contributed by atoms with Crippen molar-refractivity contribution in [2.45, 2.75) is 51.0 Å². The Morgan fingerprint density at radius 3 is 2.54 bits per heavy atom. The van der Waals surface area contributed by atoms with Gasteiger partial charge >= 0.3 is 0 Å². The van der Waals surface area contributed by atoms with Gasteiger partial charge in [-0.3, -0.25) is 14.7 Å². The Kier molecular flexibility index (Phi) is 7.73. The summed E-state index contributed by atoms with van der Waals surface area (Å²) in [5.74, 6) is 2.49. The summed E-state index contributed by atoms with van der Waals surface area (Å²) in [6, 6.07) is 4.13. The molecule has 0 unspecified atom stereocenters. The van der Waals surface area contributed by atoms with Crippen molar-refractivity contribution >= 4 is 23.4 Å². The highest BCUT2D eigenvalue weighted by Crippen LogP contribution is 2.42. The third-order valence-corrected chi connectivity index (χ3v) is 7.32. The number of pyridine rings is 1. The number of hydrogen-bond acceptors (Lipinski definition) is 8. The third-order valence-electron chi connectivity index (χ3n) is 7.32. The zero-order chi connectivity index (χ0) is 24.0. The molecule has 3 aliphatic rings. The number of aromatic nitrogens is 3. The van der Waals surface area contributed by atoms with Crippen LogP contribution in [-0.2, 0) is 11.3 Å².